The van der Waals surface area contributed by atoms with Crippen molar-refractivity contribution in [2.45, 2.75) is 6.42 Å². The van der Waals surface area contributed by atoms with Gasteiger partial charge in [0.1, 0.15) is 0 Å². The predicted molar refractivity (Wildman–Crippen MR) is 43.8 cm³/mol. The zero-order chi connectivity index (χ0) is 7.42. The van der Waals surface area contributed by atoms with Crippen molar-refractivity contribution in [1.82, 2.24) is 4.90 Å². The third-order valence-corrected chi connectivity index (χ3v) is 3.53. The quantitative estimate of drug-likeness (QED) is 0.586. The van der Waals surface area contributed by atoms with Crippen molar-refractivity contribution < 1.29 is 0 Å². The molecular weight excluding hydrogens is 136 g/mol. The fourth-order valence-corrected chi connectivity index (χ4v) is 2.88. The van der Waals surface area contributed by atoms with Gasteiger partial charge in [0.15, 0.2) is 0 Å². The molecule has 5 rings (SSSR count). The highest BCUT2D eigenvalue weighted by molar-refractivity contribution is 5.25. The third-order valence-electron chi connectivity index (χ3n) is 3.53. The number of rotatable bonds is 1. The number of nitrogens with two attached hydrogens (primary N) is 1. The van der Waals surface area contributed by atoms with E-state index in [1.54, 1.807) is 5.70 Å². The Morgan fingerprint density at radius 3 is 2.91 bits per heavy atom. The molecule has 11 heavy (non-hydrogen) atoms. The van der Waals surface area contributed by atoms with E-state index in [0.29, 0.717) is 5.92 Å². The van der Waals surface area contributed by atoms with Crippen LogP contribution in [0.5, 0.6) is 0 Å². The molecule has 0 spiro atoms. The summed E-state index contributed by atoms with van der Waals surface area (Å²) >= 11 is 0. The highest BCUT2D eigenvalue weighted by Crippen LogP contribution is 2.47. The highest BCUT2D eigenvalue weighted by Gasteiger charge is 2.46. The van der Waals surface area contributed by atoms with Crippen LogP contribution < -0.4 is 5.73 Å². The molecule has 3 fully saturated rings. The van der Waals surface area contributed by atoms with Crippen molar-refractivity contribution in [3.05, 3.63) is 11.8 Å². The normalized spacial score (nSPS) is 45.4. The number of piperidine rings is 2. The third kappa shape index (κ3) is 0.614. The topological polar surface area (TPSA) is 29.3 Å². The molecule has 0 amide bonds. The molecule has 1 aliphatic carbocycles. The molecule has 60 valence electrons. The Morgan fingerprint density at radius 1 is 1.55 bits per heavy atom. The molecule has 0 aromatic rings. The van der Waals surface area contributed by atoms with Crippen LogP contribution in [-0.2, 0) is 0 Å². The summed E-state index contributed by atoms with van der Waals surface area (Å²) in [5, 5.41) is 0. The van der Waals surface area contributed by atoms with Crippen molar-refractivity contribution in [3.8, 4) is 0 Å². The highest BCUT2D eigenvalue weighted by atomic mass is 15.2. The van der Waals surface area contributed by atoms with Gasteiger partial charge in [0.05, 0.1) is 0 Å². The molecule has 3 saturated heterocycles. The SMILES string of the molecule is NCC1C=C2C3CC1CN2C3. The Hall–Kier alpha value is -0.500. The molecule has 0 aromatic carbocycles. The van der Waals surface area contributed by atoms with Crippen LogP contribution in [0.25, 0.3) is 0 Å². The second-order valence-corrected chi connectivity index (χ2v) is 4.09. The van der Waals surface area contributed by atoms with E-state index in [2.05, 4.69) is 11.0 Å². The monoisotopic (exact) mass is 150 g/mol. The molecule has 0 radical (unpaired) electrons. The van der Waals surface area contributed by atoms with E-state index in [1.165, 1.54) is 19.5 Å². The van der Waals surface area contributed by atoms with E-state index in [1.807, 2.05) is 0 Å². The van der Waals surface area contributed by atoms with Crippen LogP contribution in [0.15, 0.2) is 11.8 Å². The number of nitrogens with zero attached hydrogens (tertiary/aromatic N) is 1. The maximum atomic E-state index is 5.69. The summed E-state index contributed by atoms with van der Waals surface area (Å²) in [4.78, 5) is 2.52. The minimum Gasteiger partial charge on any atom is -0.374 e. The molecule has 2 N–H and O–H groups in total. The molecule has 3 atom stereocenters. The van der Waals surface area contributed by atoms with Gasteiger partial charge in [-0.3, -0.25) is 0 Å². The van der Waals surface area contributed by atoms with E-state index in [0.717, 1.165) is 18.4 Å². The van der Waals surface area contributed by atoms with E-state index >= 15 is 0 Å². The number of fused-ring (bicyclic) bond motifs is 1. The minimum atomic E-state index is 0.706. The summed E-state index contributed by atoms with van der Waals surface area (Å²) in [5.74, 6) is 2.52. The summed E-state index contributed by atoms with van der Waals surface area (Å²) in [5.41, 5.74) is 7.30. The van der Waals surface area contributed by atoms with Crippen LogP contribution in [0.4, 0.5) is 0 Å². The first-order chi connectivity index (χ1) is 5.38. The van der Waals surface area contributed by atoms with Gasteiger partial charge in [-0.05, 0) is 24.8 Å². The molecule has 2 nitrogen and oxygen atoms in total. The average molecular weight is 150 g/mol. The predicted octanol–water partition coefficient (Wildman–Crippen LogP) is 0.410. The Morgan fingerprint density at radius 2 is 2.45 bits per heavy atom. The number of hydrogen-bond acceptors (Lipinski definition) is 2. The van der Waals surface area contributed by atoms with Gasteiger partial charge >= 0.3 is 0 Å². The smallest absolute Gasteiger partial charge is 0.0258 e. The zero-order valence-corrected chi connectivity index (χ0v) is 6.66. The Bertz CT molecular complexity index is 208. The van der Waals surface area contributed by atoms with Crippen molar-refractivity contribution in [3.63, 3.8) is 0 Å². The summed E-state index contributed by atoms with van der Waals surface area (Å²) in [7, 11) is 0. The van der Waals surface area contributed by atoms with Crippen LogP contribution in [0.1, 0.15) is 6.42 Å². The van der Waals surface area contributed by atoms with Gasteiger partial charge in [-0.1, -0.05) is 6.08 Å². The summed E-state index contributed by atoms with van der Waals surface area (Å²) in [6.07, 6.45) is 3.84. The van der Waals surface area contributed by atoms with E-state index in [4.69, 9.17) is 5.73 Å². The first-order valence-electron chi connectivity index (χ1n) is 4.55. The van der Waals surface area contributed by atoms with Crippen molar-refractivity contribution >= 4 is 0 Å². The first kappa shape index (κ1) is 6.06. The van der Waals surface area contributed by atoms with Gasteiger partial charge in [-0.2, -0.15) is 0 Å². The van der Waals surface area contributed by atoms with Crippen LogP contribution in [-0.4, -0.2) is 24.5 Å². The lowest BCUT2D eigenvalue weighted by Crippen LogP contribution is -2.57. The van der Waals surface area contributed by atoms with E-state index < -0.39 is 0 Å². The summed E-state index contributed by atoms with van der Waals surface area (Å²) in [6, 6.07) is 0. The van der Waals surface area contributed by atoms with Gasteiger partial charge < -0.3 is 10.6 Å². The molecule has 5 aliphatic rings. The lowest BCUT2D eigenvalue weighted by atomic mass is 9.68. The van der Waals surface area contributed by atoms with Crippen molar-refractivity contribution in [2.24, 2.45) is 23.5 Å². The van der Waals surface area contributed by atoms with Crippen LogP contribution >= 0.6 is 0 Å². The van der Waals surface area contributed by atoms with Gasteiger partial charge in [-0.25, -0.2) is 0 Å². The van der Waals surface area contributed by atoms with Crippen molar-refractivity contribution in [2.75, 3.05) is 19.6 Å². The molecular formula is C9H14N2. The number of hydrogen-bond donors (Lipinski definition) is 1. The maximum Gasteiger partial charge on any atom is 0.0258 e. The molecule has 4 aliphatic heterocycles. The average Bonchev–Trinajstić information content (AvgIpc) is 2.05. The van der Waals surface area contributed by atoms with Crippen molar-refractivity contribution in [1.29, 1.82) is 0 Å². The van der Waals surface area contributed by atoms with E-state index in [9.17, 15) is 0 Å². The standard InChI is InChI=1S/C9H14N2/c10-3-6-2-9-8-1-7(6)4-11(9)5-8/h2,6-8H,1,3-5,10H2. The van der Waals surface area contributed by atoms with Gasteiger partial charge in [-0.15, -0.1) is 0 Å². The molecule has 4 bridgehead atoms. The lowest BCUT2D eigenvalue weighted by Gasteiger charge is -2.57. The van der Waals surface area contributed by atoms with Crippen LogP contribution in [0, 0.1) is 17.8 Å². The van der Waals surface area contributed by atoms with Gasteiger partial charge in [0.25, 0.3) is 0 Å². The molecule has 0 saturated carbocycles. The minimum absolute atomic E-state index is 0.706. The van der Waals surface area contributed by atoms with Crippen LogP contribution in [0.2, 0.25) is 0 Å². The first-order valence-corrected chi connectivity index (χ1v) is 4.55. The fourth-order valence-electron chi connectivity index (χ4n) is 2.88. The van der Waals surface area contributed by atoms with Crippen LogP contribution in [0.3, 0.4) is 0 Å². The van der Waals surface area contributed by atoms with Gasteiger partial charge in [0, 0.05) is 24.7 Å². The van der Waals surface area contributed by atoms with Gasteiger partial charge in [0.2, 0.25) is 0 Å². The molecule has 4 heterocycles. The summed E-state index contributed by atoms with van der Waals surface area (Å²) < 4.78 is 0. The molecule has 2 heteroatoms. The Balaban J connectivity index is 1.96. The fraction of sp³-hybridized carbons (Fsp3) is 0.778. The van der Waals surface area contributed by atoms with E-state index in [-0.39, 0.29) is 0 Å². The lowest BCUT2D eigenvalue weighted by molar-refractivity contribution is 0.0298. The summed E-state index contributed by atoms with van der Waals surface area (Å²) in [6.45, 7) is 3.48. The second-order valence-electron chi connectivity index (χ2n) is 4.09. The molecule has 0 aromatic heterocycles. The maximum absolute atomic E-state index is 5.69. The Kier molecular flexibility index (Phi) is 0.995. The molecule has 3 unspecified atom stereocenters. The largest absolute Gasteiger partial charge is 0.374 e. The Labute approximate surface area is 67.1 Å². The second kappa shape index (κ2) is 1.81. The zero-order valence-electron chi connectivity index (χ0n) is 6.66.